The van der Waals surface area contributed by atoms with E-state index in [9.17, 15) is 4.79 Å². The lowest BCUT2D eigenvalue weighted by molar-refractivity contribution is 0.0845. The van der Waals surface area contributed by atoms with Crippen LogP contribution in [0.15, 0.2) is 35.2 Å². The molecule has 3 nitrogen and oxygen atoms in total. The highest BCUT2D eigenvalue weighted by Gasteiger charge is 2.28. The van der Waals surface area contributed by atoms with Crippen LogP contribution in [-0.2, 0) is 0 Å². The lowest BCUT2D eigenvalue weighted by Crippen LogP contribution is -2.20. The standard InChI is InChI=1S/C12H9NO2S/c14-10-5-12(9-6-16-7-13-9)15-11-4-2-1-3-8(10)11/h1-4,6-7,12H,5H2. The van der Waals surface area contributed by atoms with Crippen molar-refractivity contribution in [3.8, 4) is 5.75 Å². The first-order valence-corrected chi connectivity index (χ1v) is 5.96. The van der Waals surface area contributed by atoms with Crippen molar-refractivity contribution in [2.45, 2.75) is 12.5 Å². The minimum atomic E-state index is -0.228. The number of rotatable bonds is 1. The molecule has 0 aliphatic carbocycles. The molecule has 0 radical (unpaired) electrons. The summed E-state index contributed by atoms with van der Waals surface area (Å²) in [5.41, 5.74) is 3.27. The van der Waals surface area contributed by atoms with Crippen molar-refractivity contribution in [1.82, 2.24) is 4.98 Å². The Balaban J connectivity index is 1.98. The number of ketones is 1. The Morgan fingerprint density at radius 1 is 1.38 bits per heavy atom. The second-order valence-electron chi connectivity index (χ2n) is 3.64. The molecule has 1 unspecified atom stereocenters. The van der Waals surface area contributed by atoms with Crippen LogP contribution in [0.2, 0.25) is 0 Å². The zero-order valence-corrected chi connectivity index (χ0v) is 9.24. The lowest BCUT2D eigenvalue weighted by atomic mass is 9.99. The highest BCUT2D eigenvalue weighted by Crippen LogP contribution is 2.34. The Hall–Kier alpha value is -1.68. The van der Waals surface area contributed by atoms with Crippen molar-refractivity contribution in [2.75, 3.05) is 0 Å². The van der Waals surface area contributed by atoms with Crippen LogP contribution in [0.25, 0.3) is 0 Å². The molecule has 1 aliphatic heterocycles. The van der Waals surface area contributed by atoms with Crippen molar-refractivity contribution in [2.24, 2.45) is 0 Å². The maximum absolute atomic E-state index is 11.9. The minimum absolute atomic E-state index is 0.125. The quantitative estimate of drug-likeness (QED) is 0.757. The van der Waals surface area contributed by atoms with Crippen LogP contribution in [0.5, 0.6) is 5.75 Å². The predicted molar refractivity (Wildman–Crippen MR) is 60.9 cm³/mol. The van der Waals surface area contributed by atoms with E-state index in [1.807, 2.05) is 23.6 Å². The Kier molecular flexibility index (Phi) is 2.22. The van der Waals surface area contributed by atoms with Gasteiger partial charge in [-0.2, -0.15) is 0 Å². The van der Waals surface area contributed by atoms with Crippen molar-refractivity contribution in [3.63, 3.8) is 0 Å². The first-order chi connectivity index (χ1) is 7.84. The van der Waals surface area contributed by atoms with Gasteiger partial charge in [-0.1, -0.05) is 12.1 Å². The number of benzene rings is 1. The van der Waals surface area contributed by atoms with Gasteiger partial charge in [0.1, 0.15) is 11.9 Å². The maximum atomic E-state index is 11.9. The van der Waals surface area contributed by atoms with Crippen molar-refractivity contribution >= 4 is 17.1 Å². The normalized spacial score (nSPS) is 19.0. The molecular weight excluding hydrogens is 222 g/mol. The first kappa shape index (κ1) is 9.54. The third-order valence-electron chi connectivity index (χ3n) is 2.61. The fourth-order valence-electron chi connectivity index (χ4n) is 1.82. The molecule has 1 aliphatic rings. The third kappa shape index (κ3) is 1.51. The van der Waals surface area contributed by atoms with E-state index in [1.54, 1.807) is 11.6 Å². The van der Waals surface area contributed by atoms with Gasteiger partial charge in [0, 0.05) is 5.38 Å². The van der Waals surface area contributed by atoms with Gasteiger partial charge < -0.3 is 4.74 Å². The number of para-hydroxylation sites is 1. The van der Waals surface area contributed by atoms with Crippen LogP contribution in [0.3, 0.4) is 0 Å². The Morgan fingerprint density at radius 3 is 3.06 bits per heavy atom. The van der Waals surface area contributed by atoms with E-state index in [1.165, 1.54) is 11.3 Å². The number of thiazole rings is 1. The van der Waals surface area contributed by atoms with Crippen molar-refractivity contribution in [3.05, 3.63) is 46.4 Å². The summed E-state index contributed by atoms with van der Waals surface area (Å²) in [6, 6.07) is 7.35. The molecule has 4 heteroatoms. The number of aromatic nitrogens is 1. The number of Topliss-reactive ketones (excluding diaryl/α,β-unsaturated/α-hetero) is 1. The SMILES string of the molecule is O=C1CC(c2cscn2)Oc2ccccc21. The average Bonchev–Trinajstić information content (AvgIpc) is 2.82. The van der Waals surface area contributed by atoms with Crippen LogP contribution in [0.1, 0.15) is 28.6 Å². The van der Waals surface area contributed by atoms with E-state index in [0.29, 0.717) is 17.7 Å². The zero-order valence-electron chi connectivity index (χ0n) is 8.42. The number of ether oxygens (including phenoxy) is 1. The van der Waals surface area contributed by atoms with Crippen molar-refractivity contribution in [1.29, 1.82) is 0 Å². The van der Waals surface area contributed by atoms with Gasteiger partial charge in [0.15, 0.2) is 5.78 Å². The van der Waals surface area contributed by atoms with Crippen LogP contribution >= 0.6 is 11.3 Å². The van der Waals surface area contributed by atoms with E-state index >= 15 is 0 Å². The van der Waals surface area contributed by atoms with Gasteiger partial charge in [0.2, 0.25) is 0 Å². The van der Waals surface area contributed by atoms with E-state index in [-0.39, 0.29) is 11.9 Å². The number of carbonyl (C=O) groups is 1. The molecule has 2 heterocycles. The molecule has 0 fully saturated rings. The lowest BCUT2D eigenvalue weighted by Gasteiger charge is -2.23. The molecule has 1 aromatic carbocycles. The van der Waals surface area contributed by atoms with Gasteiger partial charge in [-0.05, 0) is 12.1 Å². The maximum Gasteiger partial charge on any atom is 0.170 e. The fourth-order valence-corrected chi connectivity index (χ4v) is 2.41. The third-order valence-corrected chi connectivity index (χ3v) is 3.21. The molecule has 3 rings (SSSR count). The monoisotopic (exact) mass is 231 g/mol. The molecule has 0 saturated carbocycles. The zero-order chi connectivity index (χ0) is 11.0. The number of hydrogen-bond donors (Lipinski definition) is 0. The summed E-state index contributed by atoms with van der Waals surface area (Å²) in [6.45, 7) is 0. The molecule has 2 aromatic rings. The molecule has 0 saturated heterocycles. The number of fused-ring (bicyclic) bond motifs is 1. The first-order valence-electron chi connectivity index (χ1n) is 5.01. The smallest absolute Gasteiger partial charge is 0.170 e. The average molecular weight is 231 g/mol. The number of nitrogens with zero attached hydrogens (tertiary/aromatic N) is 1. The molecule has 0 bridgehead atoms. The summed E-state index contributed by atoms with van der Waals surface area (Å²) in [7, 11) is 0. The second kappa shape index (κ2) is 3.72. The van der Waals surface area contributed by atoms with Gasteiger partial charge in [-0.3, -0.25) is 4.79 Å². The van der Waals surface area contributed by atoms with E-state index in [4.69, 9.17) is 4.74 Å². The van der Waals surface area contributed by atoms with E-state index in [2.05, 4.69) is 4.98 Å². The number of carbonyl (C=O) groups excluding carboxylic acids is 1. The highest BCUT2D eigenvalue weighted by atomic mass is 32.1. The van der Waals surface area contributed by atoms with E-state index < -0.39 is 0 Å². The molecule has 16 heavy (non-hydrogen) atoms. The molecule has 1 aromatic heterocycles. The largest absolute Gasteiger partial charge is 0.483 e. The summed E-state index contributed by atoms with van der Waals surface area (Å²) in [4.78, 5) is 16.1. The van der Waals surface area contributed by atoms with Crippen LogP contribution < -0.4 is 4.74 Å². The van der Waals surface area contributed by atoms with Gasteiger partial charge in [-0.15, -0.1) is 11.3 Å². The molecule has 0 N–H and O–H groups in total. The predicted octanol–water partition coefficient (Wildman–Crippen LogP) is 2.85. The molecule has 1 atom stereocenters. The fraction of sp³-hybridized carbons (Fsp3) is 0.167. The summed E-state index contributed by atoms with van der Waals surface area (Å²) < 4.78 is 5.77. The summed E-state index contributed by atoms with van der Waals surface area (Å²) in [5.74, 6) is 0.789. The summed E-state index contributed by atoms with van der Waals surface area (Å²) >= 11 is 1.51. The van der Waals surface area contributed by atoms with Crippen LogP contribution in [-0.4, -0.2) is 10.8 Å². The van der Waals surface area contributed by atoms with E-state index in [0.717, 1.165) is 5.69 Å². The molecule has 0 spiro atoms. The molecule has 80 valence electrons. The highest BCUT2D eigenvalue weighted by molar-refractivity contribution is 7.07. The minimum Gasteiger partial charge on any atom is -0.483 e. The van der Waals surface area contributed by atoms with Crippen LogP contribution in [0.4, 0.5) is 0 Å². The molecular formula is C12H9NO2S. The van der Waals surface area contributed by atoms with Gasteiger partial charge in [0.05, 0.1) is 23.2 Å². The van der Waals surface area contributed by atoms with Gasteiger partial charge in [-0.25, -0.2) is 4.98 Å². The Labute approximate surface area is 96.7 Å². The second-order valence-corrected chi connectivity index (χ2v) is 4.36. The summed E-state index contributed by atoms with van der Waals surface area (Å²) in [5, 5.41) is 1.92. The Morgan fingerprint density at radius 2 is 2.25 bits per heavy atom. The van der Waals surface area contributed by atoms with Gasteiger partial charge >= 0.3 is 0 Å². The summed E-state index contributed by atoms with van der Waals surface area (Å²) in [6.07, 6.45) is 0.148. The van der Waals surface area contributed by atoms with Crippen LogP contribution in [0, 0.1) is 0 Å². The Bertz CT molecular complexity index is 522. The topological polar surface area (TPSA) is 39.2 Å². The number of hydrogen-bond acceptors (Lipinski definition) is 4. The molecule has 0 amide bonds. The van der Waals surface area contributed by atoms with Gasteiger partial charge in [0.25, 0.3) is 0 Å². The van der Waals surface area contributed by atoms with Crippen molar-refractivity contribution < 1.29 is 9.53 Å².